The van der Waals surface area contributed by atoms with Gasteiger partial charge in [0.15, 0.2) is 0 Å². The van der Waals surface area contributed by atoms with Gasteiger partial charge in [0.1, 0.15) is 5.82 Å². The fourth-order valence-corrected chi connectivity index (χ4v) is 3.32. The SMILES string of the molecule is Cc1ccc(C(=O)N(C)CC2(O)CCCN(c3cnccn3)C2)cc1. The maximum atomic E-state index is 12.6. The van der Waals surface area contributed by atoms with Gasteiger partial charge in [0.25, 0.3) is 5.91 Å². The summed E-state index contributed by atoms with van der Waals surface area (Å²) in [5.74, 6) is 0.679. The van der Waals surface area contributed by atoms with Gasteiger partial charge in [-0.3, -0.25) is 9.78 Å². The number of nitrogens with zero attached hydrogens (tertiary/aromatic N) is 4. The number of anilines is 1. The number of hydrogen-bond acceptors (Lipinski definition) is 5. The van der Waals surface area contributed by atoms with Crippen molar-refractivity contribution in [1.82, 2.24) is 14.9 Å². The van der Waals surface area contributed by atoms with Gasteiger partial charge in [-0.05, 0) is 31.9 Å². The lowest BCUT2D eigenvalue weighted by molar-refractivity contribution is -0.000145. The van der Waals surface area contributed by atoms with E-state index in [-0.39, 0.29) is 12.5 Å². The van der Waals surface area contributed by atoms with E-state index in [1.165, 1.54) is 0 Å². The van der Waals surface area contributed by atoms with E-state index in [0.29, 0.717) is 18.5 Å². The zero-order valence-corrected chi connectivity index (χ0v) is 14.7. The zero-order valence-electron chi connectivity index (χ0n) is 14.7. The summed E-state index contributed by atoms with van der Waals surface area (Å²) >= 11 is 0. The Morgan fingerprint density at radius 2 is 2.08 bits per heavy atom. The van der Waals surface area contributed by atoms with Gasteiger partial charge < -0.3 is 14.9 Å². The molecule has 0 spiro atoms. The van der Waals surface area contributed by atoms with Crippen LogP contribution in [-0.4, -0.2) is 58.2 Å². The molecule has 2 aromatic rings. The highest BCUT2D eigenvalue weighted by atomic mass is 16.3. The van der Waals surface area contributed by atoms with Crippen molar-refractivity contribution < 1.29 is 9.90 Å². The Morgan fingerprint density at radius 1 is 1.32 bits per heavy atom. The van der Waals surface area contributed by atoms with E-state index in [9.17, 15) is 9.90 Å². The predicted octanol–water partition coefficient (Wildman–Crippen LogP) is 1.89. The molecule has 6 nitrogen and oxygen atoms in total. The Labute approximate surface area is 148 Å². The number of benzene rings is 1. The van der Waals surface area contributed by atoms with Gasteiger partial charge in [-0.2, -0.15) is 0 Å². The smallest absolute Gasteiger partial charge is 0.253 e. The van der Waals surface area contributed by atoms with Gasteiger partial charge in [-0.15, -0.1) is 0 Å². The maximum absolute atomic E-state index is 12.6. The summed E-state index contributed by atoms with van der Waals surface area (Å²) in [7, 11) is 1.74. The standard InChI is InChI=1S/C19H24N4O2/c1-15-4-6-16(7-5-15)18(24)22(2)13-19(25)8-3-11-23(14-19)17-12-20-9-10-21-17/h4-7,9-10,12,25H,3,8,11,13-14H2,1-2H3. The van der Waals surface area contributed by atoms with E-state index >= 15 is 0 Å². The minimum atomic E-state index is -0.953. The minimum Gasteiger partial charge on any atom is -0.386 e. The topological polar surface area (TPSA) is 69.6 Å². The van der Waals surface area contributed by atoms with Crippen LogP contribution >= 0.6 is 0 Å². The summed E-state index contributed by atoms with van der Waals surface area (Å²) in [6.45, 7) is 3.55. The van der Waals surface area contributed by atoms with Crippen LogP contribution in [0.3, 0.4) is 0 Å². The van der Waals surface area contributed by atoms with Crippen LogP contribution in [0.2, 0.25) is 0 Å². The van der Waals surface area contributed by atoms with Crippen molar-refractivity contribution in [3.8, 4) is 0 Å². The van der Waals surface area contributed by atoms with Crippen LogP contribution in [0.5, 0.6) is 0 Å². The highest BCUT2D eigenvalue weighted by molar-refractivity contribution is 5.94. The Bertz CT molecular complexity index is 720. The number of aryl methyl sites for hydroxylation is 1. The Balaban J connectivity index is 1.68. The summed E-state index contributed by atoms with van der Waals surface area (Å²) in [4.78, 5) is 24.6. The van der Waals surface area contributed by atoms with Crippen LogP contribution < -0.4 is 4.90 Å². The lowest BCUT2D eigenvalue weighted by Crippen LogP contribution is -2.54. The van der Waals surface area contributed by atoms with Gasteiger partial charge in [-0.1, -0.05) is 17.7 Å². The van der Waals surface area contributed by atoms with Crippen molar-refractivity contribution in [2.24, 2.45) is 0 Å². The Morgan fingerprint density at radius 3 is 2.76 bits per heavy atom. The van der Waals surface area contributed by atoms with Crippen LogP contribution in [0.4, 0.5) is 5.82 Å². The molecule has 1 aliphatic heterocycles. The van der Waals surface area contributed by atoms with Gasteiger partial charge in [0.2, 0.25) is 0 Å². The third-order valence-electron chi connectivity index (χ3n) is 4.61. The first-order chi connectivity index (χ1) is 12.0. The quantitative estimate of drug-likeness (QED) is 0.920. The number of aliphatic hydroxyl groups is 1. The van der Waals surface area contributed by atoms with Gasteiger partial charge in [0, 0.05) is 38.1 Å². The molecule has 25 heavy (non-hydrogen) atoms. The van der Waals surface area contributed by atoms with E-state index in [1.807, 2.05) is 36.1 Å². The van der Waals surface area contributed by atoms with Gasteiger partial charge >= 0.3 is 0 Å². The van der Waals surface area contributed by atoms with E-state index in [0.717, 1.165) is 24.3 Å². The number of piperidine rings is 1. The van der Waals surface area contributed by atoms with Crippen molar-refractivity contribution in [3.05, 3.63) is 54.0 Å². The van der Waals surface area contributed by atoms with Crippen LogP contribution in [0.25, 0.3) is 0 Å². The summed E-state index contributed by atoms with van der Waals surface area (Å²) in [6, 6.07) is 7.49. The number of amides is 1. The molecular weight excluding hydrogens is 316 g/mol. The Kier molecular flexibility index (Phi) is 4.99. The third kappa shape index (κ3) is 4.14. The number of carbonyl (C=O) groups excluding carboxylic acids is 1. The highest BCUT2D eigenvalue weighted by Crippen LogP contribution is 2.25. The van der Waals surface area contributed by atoms with Crippen molar-refractivity contribution >= 4 is 11.7 Å². The second-order valence-electron chi connectivity index (χ2n) is 6.84. The van der Waals surface area contributed by atoms with Crippen LogP contribution in [-0.2, 0) is 0 Å². The molecule has 1 aliphatic rings. The molecule has 6 heteroatoms. The lowest BCUT2D eigenvalue weighted by atomic mass is 9.92. The molecule has 0 aliphatic carbocycles. The molecule has 1 unspecified atom stereocenters. The highest BCUT2D eigenvalue weighted by Gasteiger charge is 2.36. The summed E-state index contributed by atoms with van der Waals surface area (Å²) in [6.07, 6.45) is 6.49. The molecule has 0 saturated carbocycles. The molecule has 0 radical (unpaired) electrons. The van der Waals surface area contributed by atoms with E-state index < -0.39 is 5.60 Å². The van der Waals surface area contributed by atoms with Crippen LogP contribution in [0.15, 0.2) is 42.9 Å². The first kappa shape index (κ1) is 17.4. The number of likely N-dealkylation sites (N-methyl/N-ethyl adjacent to an activating group) is 1. The molecule has 1 fully saturated rings. The largest absolute Gasteiger partial charge is 0.386 e. The number of rotatable bonds is 4. The van der Waals surface area contributed by atoms with Crippen molar-refractivity contribution in [2.75, 3.05) is 31.6 Å². The monoisotopic (exact) mass is 340 g/mol. The minimum absolute atomic E-state index is 0.0787. The molecule has 1 N–H and O–H groups in total. The van der Waals surface area contributed by atoms with Crippen LogP contribution in [0.1, 0.15) is 28.8 Å². The fraction of sp³-hybridized carbons (Fsp3) is 0.421. The van der Waals surface area contributed by atoms with Crippen molar-refractivity contribution in [2.45, 2.75) is 25.4 Å². The molecular formula is C19H24N4O2. The molecule has 1 saturated heterocycles. The molecule has 1 atom stereocenters. The number of hydrogen-bond donors (Lipinski definition) is 1. The summed E-state index contributed by atoms with van der Waals surface area (Å²) in [5, 5.41) is 11.0. The van der Waals surface area contributed by atoms with Gasteiger partial charge in [-0.25, -0.2) is 4.98 Å². The summed E-state index contributed by atoms with van der Waals surface area (Å²) in [5.41, 5.74) is 0.799. The molecule has 3 rings (SSSR count). The van der Waals surface area contributed by atoms with Crippen molar-refractivity contribution in [1.29, 1.82) is 0 Å². The molecule has 132 valence electrons. The second-order valence-corrected chi connectivity index (χ2v) is 6.84. The number of aromatic nitrogens is 2. The third-order valence-corrected chi connectivity index (χ3v) is 4.61. The Hall–Kier alpha value is -2.47. The molecule has 1 aromatic heterocycles. The number of carbonyl (C=O) groups is 1. The molecule has 1 amide bonds. The first-order valence-electron chi connectivity index (χ1n) is 8.52. The number of β-amino-alcohol motifs (C(OH)–C–C–N with tert-alkyl or cyclic N) is 1. The fourth-order valence-electron chi connectivity index (χ4n) is 3.32. The maximum Gasteiger partial charge on any atom is 0.253 e. The lowest BCUT2D eigenvalue weighted by Gasteiger charge is -2.41. The second kappa shape index (κ2) is 7.19. The first-order valence-corrected chi connectivity index (χ1v) is 8.52. The van der Waals surface area contributed by atoms with Crippen molar-refractivity contribution in [3.63, 3.8) is 0 Å². The molecule has 0 bridgehead atoms. The van der Waals surface area contributed by atoms with E-state index in [4.69, 9.17) is 0 Å². The molecule has 2 heterocycles. The predicted molar refractivity (Wildman–Crippen MR) is 96.6 cm³/mol. The van der Waals surface area contributed by atoms with Crippen LogP contribution in [0, 0.1) is 6.92 Å². The van der Waals surface area contributed by atoms with E-state index in [2.05, 4.69) is 9.97 Å². The zero-order chi connectivity index (χ0) is 17.9. The van der Waals surface area contributed by atoms with E-state index in [1.54, 1.807) is 30.5 Å². The average Bonchev–Trinajstić information content (AvgIpc) is 2.62. The summed E-state index contributed by atoms with van der Waals surface area (Å²) < 4.78 is 0. The molecule has 1 aromatic carbocycles. The average molecular weight is 340 g/mol. The van der Waals surface area contributed by atoms with Gasteiger partial charge in [0.05, 0.1) is 18.3 Å². The normalized spacial score (nSPS) is 20.4.